The Bertz CT molecular complexity index is 699. The zero-order chi connectivity index (χ0) is 15.1. The highest BCUT2D eigenvalue weighted by atomic mass is 35.5. The number of fused-ring (bicyclic) bond motifs is 1. The van der Waals surface area contributed by atoms with E-state index in [4.69, 9.17) is 23.2 Å². The lowest BCUT2D eigenvalue weighted by molar-refractivity contribution is -0.145. The second kappa shape index (κ2) is 5.57. The number of hydrogen-bond acceptors (Lipinski definition) is 5. The number of aromatic nitrogens is 3. The van der Waals surface area contributed by atoms with Crippen molar-refractivity contribution in [3.05, 3.63) is 32.0 Å². The van der Waals surface area contributed by atoms with Gasteiger partial charge >= 0.3 is 5.97 Å². The Morgan fingerprint density at radius 2 is 2.29 bits per heavy atom. The molecule has 6 nitrogen and oxygen atoms in total. The topological polar surface area (TPSA) is 71.2 Å². The summed E-state index contributed by atoms with van der Waals surface area (Å²) < 4.78 is 2.37. The third-order valence-electron chi connectivity index (χ3n) is 3.57. The first-order chi connectivity index (χ1) is 9.97. The van der Waals surface area contributed by atoms with Crippen molar-refractivity contribution in [2.45, 2.75) is 32.6 Å². The molecule has 0 saturated carbocycles. The van der Waals surface area contributed by atoms with Gasteiger partial charge in [0.05, 0.1) is 18.1 Å². The van der Waals surface area contributed by atoms with Crippen molar-refractivity contribution in [3.8, 4) is 0 Å². The summed E-state index contributed by atoms with van der Waals surface area (Å²) in [5.41, 5.74) is 0.836. The highest BCUT2D eigenvalue weighted by molar-refractivity contribution is 7.15. The summed E-state index contributed by atoms with van der Waals surface area (Å²) in [6.45, 7) is 2.99. The molecule has 0 saturated heterocycles. The fourth-order valence-corrected chi connectivity index (χ4v) is 3.68. The maximum atomic E-state index is 11.5. The fourth-order valence-electron chi connectivity index (χ4n) is 2.44. The van der Waals surface area contributed by atoms with Gasteiger partial charge in [0.2, 0.25) is 0 Å². The van der Waals surface area contributed by atoms with Gasteiger partial charge in [0.15, 0.2) is 0 Å². The van der Waals surface area contributed by atoms with Gasteiger partial charge in [-0.15, -0.1) is 21.5 Å². The van der Waals surface area contributed by atoms with Crippen molar-refractivity contribution in [1.29, 1.82) is 0 Å². The first-order valence-corrected chi connectivity index (χ1v) is 7.88. The van der Waals surface area contributed by atoms with Crippen LogP contribution in [0.25, 0.3) is 0 Å². The van der Waals surface area contributed by atoms with Gasteiger partial charge < -0.3 is 9.67 Å². The first kappa shape index (κ1) is 14.8. The molecule has 3 heterocycles. The lowest BCUT2D eigenvalue weighted by Crippen LogP contribution is -2.47. The summed E-state index contributed by atoms with van der Waals surface area (Å²) >= 11 is 13.4. The van der Waals surface area contributed by atoms with Crippen LogP contribution >= 0.6 is 34.5 Å². The maximum Gasteiger partial charge on any atom is 0.322 e. The number of carboxylic acid groups (broad SMARTS) is 1. The Balaban J connectivity index is 1.89. The Morgan fingerprint density at radius 1 is 1.52 bits per heavy atom. The standard InChI is InChI=1S/C12H12Cl2N4O2S/c1-6-15-16-9-4-17(8(12(19)20)3-18(6)9)2-7-5-21-11(14)10(7)13/h5,8H,2-4H2,1H3,(H,19,20). The van der Waals surface area contributed by atoms with Crippen LogP contribution in [0.5, 0.6) is 0 Å². The molecule has 1 N–H and O–H groups in total. The van der Waals surface area contributed by atoms with Gasteiger partial charge in [0.25, 0.3) is 0 Å². The molecule has 1 unspecified atom stereocenters. The number of carboxylic acids is 1. The SMILES string of the molecule is Cc1nnc2n1CC(C(=O)O)N(Cc1csc(Cl)c1Cl)C2. The van der Waals surface area contributed by atoms with E-state index in [2.05, 4.69) is 10.2 Å². The van der Waals surface area contributed by atoms with Crippen molar-refractivity contribution < 1.29 is 9.90 Å². The average Bonchev–Trinajstić information content (AvgIpc) is 2.95. The number of thiophene rings is 1. The minimum atomic E-state index is -0.869. The molecule has 112 valence electrons. The molecular formula is C12H12Cl2N4O2S. The van der Waals surface area contributed by atoms with E-state index in [1.165, 1.54) is 11.3 Å². The summed E-state index contributed by atoms with van der Waals surface area (Å²) in [5, 5.41) is 19.9. The smallest absolute Gasteiger partial charge is 0.322 e. The van der Waals surface area contributed by atoms with Crippen LogP contribution < -0.4 is 0 Å². The molecule has 2 aromatic rings. The summed E-state index contributed by atoms with van der Waals surface area (Å²) in [7, 11) is 0. The monoisotopic (exact) mass is 346 g/mol. The van der Waals surface area contributed by atoms with Gasteiger partial charge in [0.1, 0.15) is 22.0 Å². The van der Waals surface area contributed by atoms with Gasteiger partial charge in [0, 0.05) is 6.54 Å². The summed E-state index contributed by atoms with van der Waals surface area (Å²) in [4.78, 5) is 13.4. The van der Waals surface area contributed by atoms with Crippen LogP contribution in [0.4, 0.5) is 0 Å². The number of halogens is 2. The lowest BCUT2D eigenvalue weighted by Gasteiger charge is -2.33. The average molecular weight is 347 g/mol. The van der Waals surface area contributed by atoms with E-state index in [9.17, 15) is 9.90 Å². The molecular weight excluding hydrogens is 335 g/mol. The van der Waals surface area contributed by atoms with Crippen molar-refractivity contribution in [1.82, 2.24) is 19.7 Å². The summed E-state index contributed by atoms with van der Waals surface area (Å²) in [5.74, 6) is 0.626. The van der Waals surface area contributed by atoms with Gasteiger partial charge in [-0.25, -0.2) is 0 Å². The summed E-state index contributed by atoms with van der Waals surface area (Å²) in [6, 6.07) is -0.637. The second-order valence-electron chi connectivity index (χ2n) is 4.88. The number of aliphatic carboxylic acids is 1. The Hall–Kier alpha value is -1.15. The zero-order valence-electron chi connectivity index (χ0n) is 11.1. The van der Waals surface area contributed by atoms with Crippen LogP contribution in [-0.2, 0) is 24.4 Å². The predicted molar refractivity (Wildman–Crippen MR) is 79.8 cm³/mol. The molecule has 0 radical (unpaired) electrons. The molecule has 21 heavy (non-hydrogen) atoms. The lowest BCUT2D eigenvalue weighted by atomic mass is 10.1. The number of aryl methyl sites for hydroxylation is 1. The molecule has 0 amide bonds. The van der Waals surface area contributed by atoms with Crippen LogP contribution in [-0.4, -0.2) is 36.8 Å². The zero-order valence-corrected chi connectivity index (χ0v) is 13.4. The molecule has 9 heteroatoms. The molecule has 1 aliphatic rings. The predicted octanol–water partition coefficient (Wildman–Crippen LogP) is 2.42. The third-order valence-corrected chi connectivity index (χ3v) is 5.48. The number of nitrogens with zero attached hydrogens (tertiary/aromatic N) is 4. The minimum Gasteiger partial charge on any atom is -0.480 e. The second-order valence-corrected chi connectivity index (χ2v) is 6.74. The van der Waals surface area contributed by atoms with Crippen LogP contribution in [0.3, 0.4) is 0 Å². The number of rotatable bonds is 3. The molecule has 1 atom stereocenters. The van der Waals surface area contributed by atoms with Gasteiger partial charge in [-0.3, -0.25) is 9.69 Å². The fraction of sp³-hybridized carbons (Fsp3) is 0.417. The van der Waals surface area contributed by atoms with E-state index in [1.54, 1.807) is 0 Å². The van der Waals surface area contributed by atoms with E-state index >= 15 is 0 Å². The molecule has 0 aromatic carbocycles. The maximum absolute atomic E-state index is 11.5. The molecule has 1 aliphatic heterocycles. The van der Waals surface area contributed by atoms with Crippen LogP contribution in [0.15, 0.2) is 5.38 Å². The van der Waals surface area contributed by atoms with Crippen molar-refractivity contribution in [3.63, 3.8) is 0 Å². The van der Waals surface area contributed by atoms with E-state index in [0.29, 0.717) is 29.0 Å². The number of carbonyl (C=O) groups is 1. The Morgan fingerprint density at radius 3 is 2.90 bits per heavy atom. The Labute approximate surface area is 134 Å². The minimum absolute atomic E-state index is 0.332. The van der Waals surface area contributed by atoms with Crippen LogP contribution in [0, 0.1) is 6.92 Å². The van der Waals surface area contributed by atoms with E-state index in [0.717, 1.165) is 17.2 Å². The molecule has 0 fully saturated rings. The van der Waals surface area contributed by atoms with Gasteiger partial charge in [-0.2, -0.15) is 0 Å². The summed E-state index contributed by atoms with van der Waals surface area (Å²) in [6.07, 6.45) is 0. The van der Waals surface area contributed by atoms with Gasteiger partial charge in [-0.1, -0.05) is 23.2 Å². The van der Waals surface area contributed by atoms with Crippen LogP contribution in [0.2, 0.25) is 9.36 Å². The van der Waals surface area contributed by atoms with Crippen molar-refractivity contribution in [2.24, 2.45) is 0 Å². The van der Waals surface area contributed by atoms with Crippen molar-refractivity contribution in [2.75, 3.05) is 0 Å². The van der Waals surface area contributed by atoms with Crippen LogP contribution in [0.1, 0.15) is 17.2 Å². The van der Waals surface area contributed by atoms with E-state index in [-0.39, 0.29) is 0 Å². The van der Waals surface area contributed by atoms with Crippen molar-refractivity contribution >= 4 is 40.5 Å². The van der Waals surface area contributed by atoms with Gasteiger partial charge in [-0.05, 0) is 17.9 Å². The largest absolute Gasteiger partial charge is 0.480 e. The highest BCUT2D eigenvalue weighted by Gasteiger charge is 2.33. The first-order valence-electron chi connectivity index (χ1n) is 6.24. The molecule has 0 aliphatic carbocycles. The third kappa shape index (κ3) is 2.66. The number of hydrogen-bond donors (Lipinski definition) is 1. The van der Waals surface area contributed by atoms with E-state index < -0.39 is 12.0 Å². The Kier molecular flexibility index (Phi) is 3.92. The molecule has 3 rings (SSSR count). The molecule has 0 bridgehead atoms. The van der Waals surface area contributed by atoms with E-state index in [1.807, 2.05) is 21.8 Å². The quantitative estimate of drug-likeness (QED) is 0.923. The highest BCUT2D eigenvalue weighted by Crippen LogP contribution is 2.34. The normalized spacial score (nSPS) is 18.7. The molecule has 2 aromatic heterocycles. The molecule has 0 spiro atoms.